The van der Waals surface area contributed by atoms with E-state index < -0.39 is 0 Å². The number of benzene rings is 14. The number of aromatic nitrogens is 2. The average Bonchev–Trinajstić information content (AvgIpc) is 1.75. The van der Waals surface area contributed by atoms with Gasteiger partial charge in [0.25, 0.3) is 0 Å². The van der Waals surface area contributed by atoms with Crippen molar-refractivity contribution in [2.24, 2.45) is 0 Å². The number of nitrogens with zero attached hydrogens (tertiary/aromatic N) is 4. The third-order valence-electron chi connectivity index (χ3n) is 19.2. The molecule has 2 aromatic heterocycles. The van der Waals surface area contributed by atoms with Gasteiger partial charge in [-0.1, -0.05) is 246 Å². The number of oxazole rings is 2. The van der Waals surface area contributed by atoms with Crippen molar-refractivity contribution in [1.29, 1.82) is 0 Å². The Balaban J connectivity index is 0.655. The third kappa shape index (κ3) is 12.4. The Morgan fingerprint density at radius 2 is 0.586 bits per heavy atom. The summed E-state index contributed by atoms with van der Waals surface area (Å²) in [6.07, 6.45) is 3.08. The molecular formula is C93H72N4O2. The van der Waals surface area contributed by atoms with Crippen molar-refractivity contribution in [3.05, 3.63) is 351 Å². The van der Waals surface area contributed by atoms with Gasteiger partial charge in [0.15, 0.2) is 11.2 Å². The third-order valence-corrected chi connectivity index (χ3v) is 19.2. The Morgan fingerprint density at radius 3 is 0.949 bits per heavy atom. The van der Waals surface area contributed by atoms with Crippen LogP contribution in [0.3, 0.4) is 0 Å². The molecule has 0 saturated carbocycles. The molecule has 6 nitrogen and oxygen atoms in total. The molecule has 0 aliphatic carbocycles. The molecule has 0 amide bonds. The molecule has 1 atom stereocenters. The van der Waals surface area contributed by atoms with E-state index in [2.05, 4.69) is 370 Å². The Bertz CT molecular complexity index is 5430. The fourth-order valence-electron chi connectivity index (χ4n) is 14.0. The monoisotopic (exact) mass is 1280 g/mol. The van der Waals surface area contributed by atoms with Crippen molar-refractivity contribution in [1.82, 2.24) is 9.97 Å². The van der Waals surface area contributed by atoms with Gasteiger partial charge in [-0.15, -0.1) is 0 Å². The van der Waals surface area contributed by atoms with Gasteiger partial charge in [-0.3, -0.25) is 0 Å². The highest BCUT2D eigenvalue weighted by Gasteiger charge is 2.22. The van der Waals surface area contributed by atoms with Gasteiger partial charge in [0, 0.05) is 45.3 Å². The molecule has 0 saturated heterocycles. The predicted molar refractivity (Wildman–Crippen MR) is 413 cm³/mol. The van der Waals surface area contributed by atoms with Gasteiger partial charge in [-0.05, 0) is 229 Å². The second-order valence-electron chi connectivity index (χ2n) is 25.5. The molecule has 0 radical (unpaired) electrons. The number of fused-ring (bicyclic) bond motifs is 2. The van der Waals surface area contributed by atoms with E-state index in [0.29, 0.717) is 11.8 Å². The smallest absolute Gasteiger partial charge is 0.227 e. The van der Waals surface area contributed by atoms with Crippen LogP contribution in [0.2, 0.25) is 0 Å². The molecule has 6 heteroatoms. The van der Waals surface area contributed by atoms with Crippen LogP contribution in [0.4, 0.5) is 34.1 Å². The lowest BCUT2D eigenvalue weighted by Gasteiger charge is -2.26. The highest BCUT2D eigenvalue weighted by Crippen LogP contribution is 2.45. The summed E-state index contributed by atoms with van der Waals surface area (Å²) < 4.78 is 13.0. The molecule has 1 unspecified atom stereocenters. The molecule has 0 aliphatic rings. The van der Waals surface area contributed by atoms with Crippen LogP contribution in [0, 0.1) is 0 Å². The van der Waals surface area contributed by atoms with E-state index in [0.717, 1.165) is 148 Å². The van der Waals surface area contributed by atoms with E-state index in [-0.39, 0.29) is 5.92 Å². The van der Waals surface area contributed by atoms with E-state index in [1.807, 2.05) is 0 Å². The SMILES string of the molecule is CCCc1ccc2nc(-c3ccc(-c4ccccc4-c4ccccc4-c4ccc(N(c5ccccc5)c5ccc(-c6cc7nc(-c8ccc(-c9ccccc9-c9ccccc9-c9ccc(N(c%10ccccc%10)c%10ccccc%10)cc9)cc8)oc7cc6C(C)CC)cc5)cc4)cc3)oc2c1. The molecule has 2 heterocycles. The summed E-state index contributed by atoms with van der Waals surface area (Å²) in [7, 11) is 0. The van der Waals surface area contributed by atoms with E-state index in [4.69, 9.17) is 18.8 Å². The maximum atomic E-state index is 6.70. The number of anilines is 6. The highest BCUT2D eigenvalue weighted by molar-refractivity contribution is 5.95. The van der Waals surface area contributed by atoms with Crippen molar-refractivity contribution < 1.29 is 8.83 Å². The quantitative estimate of drug-likeness (QED) is 0.0804. The molecule has 16 rings (SSSR count). The molecule has 476 valence electrons. The second kappa shape index (κ2) is 27.4. The lowest BCUT2D eigenvalue weighted by molar-refractivity contribution is 0.618. The van der Waals surface area contributed by atoms with Crippen LogP contribution < -0.4 is 9.80 Å². The van der Waals surface area contributed by atoms with Crippen LogP contribution in [0.5, 0.6) is 0 Å². The van der Waals surface area contributed by atoms with Crippen LogP contribution in [0.15, 0.2) is 349 Å². The van der Waals surface area contributed by atoms with Crippen LogP contribution in [0.1, 0.15) is 50.7 Å². The van der Waals surface area contributed by atoms with Crippen LogP contribution >= 0.6 is 0 Å². The van der Waals surface area contributed by atoms with E-state index in [1.54, 1.807) is 0 Å². The predicted octanol–water partition coefficient (Wildman–Crippen LogP) is 26.4. The number of rotatable bonds is 19. The molecule has 0 fully saturated rings. The zero-order chi connectivity index (χ0) is 66.6. The van der Waals surface area contributed by atoms with Crippen LogP contribution in [-0.4, -0.2) is 9.97 Å². The van der Waals surface area contributed by atoms with E-state index in [9.17, 15) is 0 Å². The van der Waals surface area contributed by atoms with Crippen LogP contribution in [0.25, 0.3) is 123 Å². The van der Waals surface area contributed by atoms with Gasteiger partial charge in [0.05, 0.1) is 0 Å². The first-order valence-corrected chi connectivity index (χ1v) is 34.4. The minimum atomic E-state index is 0.280. The lowest BCUT2D eigenvalue weighted by Crippen LogP contribution is -2.09. The van der Waals surface area contributed by atoms with Crippen molar-refractivity contribution >= 4 is 56.3 Å². The number of aryl methyl sites for hydroxylation is 1. The first-order valence-electron chi connectivity index (χ1n) is 34.4. The minimum Gasteiger partial charge on any atom is -0.436 e. The van der Waals surface area contributed by atoms with Crippen LogP contribution in [-0.2, 0) is 6.42 Å². The Kier molecular flexibility index (Phi) is 17.0. The standard InChI is InChI=1S/C93H72N4O2/c1-4-23-64-38-59-88-90(60-64)98-92(94-88)70-43-39-65(40-44-70)78-30-15-19-34-82(78)85-37-22-18-33-81(85)68-49-55-76(56-50-68)97(74-28-13-8-14-29-74)77-57-51-69(52-58-77)87-61-89-91(62-86(87)63(3)5-2)99-93(95-89)71-45-41-66(42-46-71)79-31-16-20-35-83(79)84-36-21-17-32-80(84)67-47-53-75(54-48-67)96(72-24-9-6-10-25-72)73-26-11-7-12-27-73/h6-22,24-63H,4-5,23H2,1-3H3. The molecule has 16 aromatic rings. The maximum absolute atomic E-state index is 6.70. The summed E-state index contributed by atoms with van der Waals surface area (Å²) in [5.41, 5.74) is 30.3. The Labute approximate surface area is 579 Å². The van der Waals surface area contributed by atoms with Crippen molar-refractivity contribution in [2.75, 3.05) is 9.80 Å². The molecule has 0 bridgehead atoms. The van der Waals surface area contributed by atoms with Gasteiger partial charge in [0.2, 0.25) is 11.8 Å². The van der Waals surface area contributed by atoms with Crippen molar-refractivity contribution in [2.45, 2.75) is 46.0 Å². The summed E-state index contributed by atoms with van der Waals surface area (Å²) in [5, 5.41) is 0. The maximum Gasteiger partial charge on any atom is 0.227 e. The zero-order valence-electron chi connectivity index (χ0n) is 55.6. The molecule has 14 aromatic carbocycles. The fraction of sp³-hybridized carbons (Fsp3) is 0.0753. The Hall–Kier alpha value is -12.4. The molecule has 99 heavy (non-hydrogen) atoms. The summed E-state index contributed by atoms with van der Waals surface area (Å²) in [6, 6.07) is 122. The normalized spacial score (nSPS) is 11.7. The largest absolute Gasteiger partial charge is 0.436 e. The van der Waals surface area contributed by atoms with Gasteiger partial charge < -0.3 is 18.6 Å². The lowest BCUT2D eigenvalue weighted by atomic mass is 9.89. The van der Waals surface area contributed by atoms with Gasteiger partial charge in [-0.2, -0.15) is 0 Å². The first-order chi connectivity index (χ1) is 48.9. The number of hydrogen-bond acceptors (Lipinski definition) is 6. The topological polar surface area (TPSA) is 58.5 Å². The average molecular weight is 1280 g/mol. The summed E-state index contributed by atoms with van der Waals surface area (Å²) in [4.78, 5) is 14.7. The molecule has 0 spiro atoms. The molecular weight excluding hydrogens is 1210 g/mol. The number of hydrogen-bond donors (Lipinski definition) is 0. The summed E-state index contributed by atoms with van der Waals surface area (Å²) >= 11 is 0. The van der Waals surface area contributed by atoms with E-state index in [1.165, 1.54) is 27.8 Å². The van der Waals surface area contributed by atoms with Gasteiger partial charge in [0.1, 0.15) is 11.0 Å². The van der Waals surface area contributed by atoms with Gasteiger partial charge in [-0.25, -0.2) is 9.97 Å². The first kappa shape index (κ1) is 61.5. The summed E-state index contributed by atoms with van der Waals surface area (Å²) in [6.45, 7) is 6.75. The minimum absolute atomic E-state index is 0.280. The fourth-order valence-corrected chi connectivity index (χ4v) is 14.0. The van der Waals surface area contributed by atoms with Crippen molar-refractivity contribution in [3.8, 4) is 101 Å². The zero-order valence-corrected chi connectivity index (χ0v) is 55.6. The van der Waals surface area contributed by atoms with Crippen molar-refractivity contribution in [3.63, 3.8) is 0 Å². The second-order valence-corrected chi connectivity index (χ2v) is 25.5. The number of para-hydroxylation sites is 3. The summed E-state index contributed by atoms with van der Waals surface area (Å²) in [5.74, 6) is 1.51. The molecule has 0 aliphatic heterocycles. The highest BCUT2D eigenvalue weighted by atomic mass is 16.4. The molecule has 0 N–H and O–H groups in total. The Morgan fingerprint density at radius 1 is 0.283 bits per heavy atom. The van der Waals surface area contributed by atoms with Gasteiger partial charge >= 0.3 is 0 Å². The van der Waals surface area contributed by atoms with E-state index >= 15 is 0 Å².